The standard InChI is InChI=1S/C20H25N3O3/c1-13(2)22-20(26)23-17-10-8-16(9-11-17)19(25)21-12-18(24)15-6-4-14(3)5-7-15/h4-11,13,18,24H,12H2,1-3H3,(H,21,25)(H2,22,23,26)/t18-/m0/s1. The van der Waals surface area contributed by atoms with Crippen molar-refractivity contribution >= 4 is 17.6 Å². The zero-order chi connectivity index (χ0) is 19.1. The van der Waals surface area contributed by atoms with Gasteiger partial charge < -0.3 is 21.1 Å². The van der Waals surface area contributed by atoms with Gasteiger partial charge >= 0.3 is 6.03 Å². The van der Waals surface area contributed by atoms with Gasteiger partial charge in [-0.25, -0.2) is 4.79 Å². The molecule has 0 spiro atoms. The van der Waals surface area contributed by atoms with E-state index in [9.17, 15) is 14.7 Å². The Morgan fingerprint density at radius 3 is 2.19 bits per heavy atom. The highest BCUT2D eigenvalue weighted by Crippen LogP contribution is 2.13. The Morgan fingerprint density at radius 1 is 1.00 bits per heavy atom. The van der Waals surface area contributed by atoms with E-state index in [-0.39, 0.29) is 24.5 Å². The van der Waals surface area contributed by atoms with Crippen molar-refractivity contribution in [2.45, 2.75) is 32.9 Å². The van der Waals surface area contributed by atoms with E-state index in [1.54, 1.807) is 24.3 Å². The highest BCUT2D eigenvalue weighted by Gasteiger charge is 2.11. The second kappa shape index (κ2) is 9.01. The first-order chi connectivity index (χ1) is 12.3. The lowest BCUT2D eigenvalue weighted by Crippen LogP contribution is -2.34. The van der Waals surface area contributed by atoms with Crippen molar-refractivity contribution in [3.8, 4) is 0 Å². The zero-order valence-corrected chi connectivity index (χ0v) is 15.2. The van der Waals surface area contributed by atoms with Crippen LogP contribution in [0.2, 0.25) is 0 Å². The summed E-state index contributed by atoms with van der Waals surface area (Å²) in [4.78, 5) is 23.8. The molecule has 0 fully saturated rings. The van der Waals surface area contributed by atoms with Gasteiger partial charge in [0, 0.05) is 23.8 Å². The highest BCUT2D eigenvalue weighted by molar-refractivity contribution is 5.95. The van der Waals surface area contributed by atoms with E-state index in [0.29, 0.717) is 11.3 Å². The van der Waals surface area contributed by atoms with Crippen molar-refractivity contribution in [2.24, 2.45) is 0 Å². The molecule has 0 unspecified atom stereocenters. The Balaban J connectivity index is 1.87. The van der Waals surface area contributed by atoms with Crippen LogP contribution in [0.5, 0.6) is 0 Å². The van der Waals surface area contributed by atoms with Gasteiger partial charge in [-0.05, 0) is 50.6 Å². The summed E-state index contributed by atoms with van der Waals surface area (Å²) in [7, 11) is 0. The van der Waals surface area contributed by atoms with Gasteiger partial charge in [-0.2, -0.15) is 0 Å². The lowest BCUT2D eigenvalue weighted by molar-refractivity contribution is 0.0916. The number of amides is 3. The summed E-state index contributed by atoms with van der Waals surface area (Å²) >= 11 is 0. The van der Waals surface area contributed by atoms with Crippen LogP contribution in [0.25, 0.3) is 0 Å². The lowest BCUT2D eigenvalue weighted by atomic mass is 10.1. The summed E-state index contributed by atoms with van der Waals surface area (Å²) in [5.74, 6) is -0.283. The van der Waals surface area contributed by atoms with Crippen LogP contribution in [0.15, 0.2) is 48.5 Å². The van der Waals surface area contributed by atoms with Crippen LogP contribution in [-0.4, -0.2) is 29.6 Å². The molecule has 0 heterocycles. The molecule has 2 aromatic rings. The maximum absolute atomic E-state index is 12.2. The number of rotatable bonds is 6. The minimum atomic E-state index is -0.764. The third kappa shape index (κ3) is 5.89. The molecular weight excluding hydrogens is 330 g/mol. The van der Waals surface area contributed by atoms with E-state index < -0.39 is 6.10 Å². The number of aliphatic hydroxyl groups is 1. The van der Waals surface area contributed by atoms with Crippen LogP contribution in [0, 0.1) is 6.92 Å². The van der Waals surface area contributed by atoms with Crippen LogP contribution in [0.3, 0.4) is 0 Å². The number of hydrogen-bond donors (Lipinski definition) is 4. The van der Waals surface area contributed by atoms with E-state index in [4.69, 9.17) is 0 Å². The molecule has 6 heteroatoms. The third-order valence-corrected chi connectivity index (χ3v) is 3.74. The second-order valence-electron chi connectivity index (χ2n) is 6.47. The van der Waals surface area contributed by atoms with Gasteiger partial charge in [0.2, 0.25) is 0 Å². The quantitative estimate of drug-likeness (QED) is 0.642. The molecule has 138 valence electrons. The SMILES string of the molecule is Cc1ccc([C@@H](O)CNC(=O)c2ccc(NC(=O)NC(C)C)cc2)cc1. The van der Waals surface area contributed by atoms with Crippen LogP contribution >= 0.6 is 0 Å². The molecule has 1 atom stereocenters. The van der Waals surface area contributed by atoms with Crippen molar-refractivity contribution in [1.82, 2.24) is 10.6 Å². The van der Waals surface area contributed by atoms with Gasteiger partial charge in [0.1, 0.15) is 0 Å². The van der Waals surface area contributed by atoms with Crippen molar-refractivity contribution in [3.05, 3.63) is 65.2 Å². The monoisotopic (exact) mass is 355 g/mol. The topological polar surface area (TPSA) is 90.5 Å². The Labute approximate surface area is 153 Å². The molecule has 6 nitrogen and oxygen atoms in total. The second-order valence-corrected chi connectivity index (χ2v) is 6.47. The largest absolute Gasteiger partial charge is 0.387 e. The van der Waals surface area contributed by atoms with E-state index in [1.807, 2.05) is 45.0 Å². The van der Waals surface area contributed by atoms with Gasteiger partial charge in [-0.1, -0.05) is 29.8 Å². The fourth-order valence-corrected chi connectivity index (χ4v) is 2.33. The summed E-state index contributed by atoms with van der Waals surface area (Å²) in [6, 6.07) is 13.8. The number of urea groups is 1. The number of aryl methyl sites for hydroxylation is 1. The first-order valence-electron chi connectivity index (χ1n) is 8.55. The number of benzene rings is 2. The fraction of sp³-hybridized carbons (Fsp3) is 0.300. The molecule has 0 radical (unpaired) electrons. The predicted octanol–water partition coefficient (Wildman–Crippen LogP) is 2.99. The maximum atomic E-state index is 12.2. The van der Waals surface area contributed by atoms with Gasteiger partial charge in [0.25, 0.3) is 5.91 Å². The Bertz CT molecular complexity index is 740. The fourth-order valence-electron chi connectivity index (χ4n) is 2.33. The number of carbonyl (C=O) groups is 2. The molecule has 0 aliphatic carbocycles. The Morgan fingerprint density at radius 2 is 1.62 bits per heavy atom. The van der Waals surface area contributed by atoms with Crippen LogP contribution in [0.4, 0.5) is 10.5 Å². The molecular formula is C20H25N3O3. The first-order valence-corrected chi connectivity index (χ1v) is 8.55. The molecule has 3 amide bonds. The van der Waals surface area contributed by atoms with E-state index >= 15 is 0 Å². The number of aliphatic hydroxyl groups excluding tert-OH is 1. The third-order valence-electron chi connectivity index (χ3n) is 3.74. The Hall–Kier alpha value is -2.86. The first kappa shape index (κ1) is 19.5. The molecule has 0 aliphatic heterocycles. The average Bonchev–Trinajstić information content (AvgIpc) is 2.60. The Kier molecular flexibility index (Phi) is 6.74. The van der Waals surface area contributed by atoms with E-state index in [1.165, 1.54) is 0 Å². The lowest BCUT2D eigenvalue weighted by Gasteiger charge is -2.13. The van der Waals surface area contributed by atoms with Gasteiger partial charge in [-0.3, -0.25) is 4.79 Å². The molecule has 0 saturated heterocycles. The molecule has 4 N–H and O–H groups in total. The summed E-state index contributed by atoms with van der Waals surface area (Å²) in [6.07, 6.45) is -0.764. The van der Waals surface area contributed by atoms with Crippen molar-refractivity contribution in [3.63, 3.8) is 0 Å². The molecule has 0 bridgehead atoms. The van der Waals surface area contributed by atoms with Crippen LogP contribution in [-0.2, 0) is 0 Å². The maximum Gasteiger partial charge on any atom is 0.319 e. The van der Waals surface area contributed by atoms with Crippen molar-refractivity contribution in [2.75, 3.05) is 11.9 Å². The van der Waals surface area contributed by atoms with Crippen molar-refractivity contribution < 1.29 is 14.7 Å². The number of hydrogen-bond acceptors (Lipinski definition) is 3. The van der Waals surface area contributed by atoms with E-state index in [2.05, 4.69) is 16.0 Å². The zero-order valence-electron chi connectivity index (χ0n) is 15.2. The van der Waals surface area contributed by atoms with Crippen molar-refractivity contribution in [1.29, 1.82) is 0 Å². The summed E-state index contributed by atoms with van der Waals surface area (Å²) < 4.78 is 0. The molecule has 0 saturated carbocycles. The molecule has 0 aliphatic rings. The van der Waals surface area contributed by atoms with Crippen LogP contribution < -0.4 is 16.0 Å². The average molecular weight is 355 g/mol. The minimum absolute atomic E-state index is 0.0417. The summed E-state index contributed by atoms with van der Waals surface area (Å²) in [5, 5.41) is 18.3. The van der Waals surface area contributed by atoms with Gasteiger partial charge in [0.15, 0.2) is 0 Å². The molecule has 2 rings (SSSR count). The van der Waals surface area contributed by atoms with E-state index in [0.717, 1.165) is 11.1 Å². The number of nitrogens with one attached hydrogen (secondary N) is 3. The highest BCUT2D eigenvalue weighted by atomic mass is 16.3. The van der Waals surface area contributed by atoms with Gasteiger partial charge in [-0.15, -0.1) is 0 Å². The number of carbonyl (C=O) groups excluding carboxylic acids is 2. The molecule has 2 aromatic carbocycles. The van der Waals surface area contributed by atoms with Gasteiger partial charge in [0.05, 0.1) is 6.10 Å². The number of anilines is 1. The molecule has 0 aromatic heterocycles. The normalized spacial score (nSPS) is 11.7. The summed E-state index contributed by atoms with van der Waals surface area (Å²) in [5.41, 5.74) is 2.92. The minimum Gasteiger partial charge on any atom is -0.387 e. The molecule has 26 heavy (non-hydrogen) atoms. The smallest absolute Gasteiger partial charge is 0.319 e. The van der Waals surface area contributed by atoms with Crippen LogP contribution in [0.1, 0.15) is 41.4 Å². The predicted molar refractivity (Wildman–Crippen MR) is 102 cm³/mol. The summed E-state index contributed by atoms with van der Waals surface area (Å²) in [6.45, 7) is 5.84.